The molecule has 0 fully saturated rings. The Kier molecular flexibility index (Phi) is 8.54. The van der Waals surface area contributed by atoms with E-state index in [9.17, 15) is 14.7 Å². The van der Waals surface area contributed by atoms with Crippen molar-refractivity contribution >= 4 is 23.6 Å². The molecule has 3 atom stereocenters. The Morgan fingerprint density at radius 2 is 1.71 bits per heavy atom. The summed E-state index contributed by atoms with van der Waals surface area (Å²) < 4.78 is 10.8. The lowest BCUT2D eigenvalue weighted by atomic mass is 10.1. The van der Waals surface area contributed by atoms with E-state index in [0.717, 1.165) is 10.5 Å². The molecule has 178 valence electrons. The first-order chi connectivity index (χ1) is 16.3. The highest BCUT2D eigenvalue weighted by Gasteiger charge is 2.28. The van der Waals surface area contributed by atoms with Gasteiger partial charge in [-0.3, -0.25) is 4.79 Å². The van der Waals surface area contributed by atoms with E-state index in [4.69, 9.17) is 9.47 Å². The fourth-order valence-electron chi connectivity index (χ4n) is 3.28. The number of aromatic nitrogens is 1. The van der Waals surface area contributed by atoms with E-state index < -0.39 is 29.8 Å². The number of nitrogens with zero attached hydrogens (tertiary/aromatic N) is 1. The number of thioether (sulfide) groups is 1. The van der Waals surface area contributed by atoms with E-state index in [1.165, 1.54) is 31.9 Å². The average Bonchev–Trinajstić information content (AvgIpc) is 2.84. The van der Waals surface area contributed by atoms with Gasteiger partial charge < -0.3 is 19.9 Å². The third-order valence-corrected chi connectivity index (χ3v) is 6.62. The zero-order valence-electron chi connectivity index (χ0n) is 19.5. The van der Waals surface area contributed by atoms with Gasteiger partial charge in [-0.1, -0.05) is 48.0 Å². The second-order valence-electron chi connectivity index (χ2n) is 7.81. The minimum Gasteiger partial charge on any atom is -0.503 e. The first kappa shape index (κ1) is 25.1. The lowest BCUT2D eigenvalue weighted by molar-refractivity contribution is -0.150. The van der Waals surface area contributed by atoms with Gasteiger partial charge in [-0.25, -0.2) is 9.78 Å². The number of pyridine rings is 1. The summed E-state index contributed by atoms with van der Waals surface area (Å²) in [6, 6.07) is 18.5. The number of amides is 1. The Bertz CT molecular complexity index is 1120. The second kappa shape index (κ2) is 11.6. The molecule has 1 heterocycles. The molecule has 0 aliphatic rings. The maximum atomic E-state index is 12.8. The summed E-state index contributed by atoms with van der Waals surface area (Å²) in [6.45, 7) is 5.39. The van der Waals surface area contributed by atoms with Gasteiger partial charge in [0.25, 0.3) is 5.91 Å². The van der Waals surface area contributed by atoms with E-state index >= 15 is 0 Å². The number of aryl methyl sites for hydroxylation is 1. The maximum Gasteiger partial charge on any atom is 0.328 e. The number of benzene rings is 2. The molecule has 0 aliphatic carbocycles. The van der Waals surface area contributed by atoms with Gasteiger partial charge in [0.2, 0.25) is 0 Å². The Morgan fingerprint density at radius 1 is 1.03 bits per heavy atom. The number of carbonyl (C=O) groups excluding carboxylic acids is 2. The quantitative estimate of drug-likeness (QED) is 0.339. The van der Waals surface area contributed by atoms with Gasteiger partial charge in [0.05, 0.1) is 12.4 Å². The molecule has 34 heavy (non-hydrogen) atoms. The largest absolute Gasteiger partial charge is 0.503 e. The van der Waals surface area contributed by atoms with Crippen LogP contribution in [0.4, 0.5) is 0 Å². The Labute approximate surface area is 203 Å². The molecule has 1 amide bonds. The number of ether oxygens (including phenoxy) is 2. The maximum absolute atomic E-state index is 12.8. The van der Waals surface area contributed by atoms with Crippen molar-refractivity contribution in [3.63, 3.8) is 0 Å². The molecule has 7 nitrogen and oxygen atoms in total. The molecule has 0 unspecified atom stereocenters. The molecule has 0 radical (unpaired) electrons. The van der Waals surface area contributed by atoms with Crippen LogP contribution in [0.2, 0.25) is 0 Å². The highest BCUT2D eigenvalue weighted by Crippen LogP contribution is 2.39. The fraction of sp³-hybridized carbons (Fsp3) is 0.269. The Balaban J connectivity index is 1.70. The number of methoxy groups -OCH3 is 1. The number of nitrogens with one attached hydrogen (secondary N) is 1. The summed E-state index contributed by atoms with van der Waals surface area (Å²) in [5, 5.41) is 12.5. The van der Waals surface area contributed by atoms with Crippen LogP contribution in [0, 0.1) is 6.92 Å². The molecule has 0 saturated heterocycles. The molecular weight excluding hydrogens is 452 g/mol. The van der Waals surface area contributed by atoms with Crippen molar-refractivity contribution in [2.75, 3.05) is 7.11 Å². The topological polar surface area (TPSA) is 97.8 Å². The molecule has 2 N–H and O–H groups in total. The average molecular weight is 481 g/mol. The monoisotopic (exact) mass is 480 g/mol. The third-order valence-electron chi connectivity index (χ3n) is 5.16. The minimum absolute atomic E-state index is 0.114. The van der Waals surface area contributed by atoms with Crippen LogP contribution >= 0.6 is 11.8 Å². The highest BCUT2D eigenvalue weighted by atomic mass is 32.2. The van der Waals surface area contributed by atoms with Crippen molar-refractivity contribution < 1.29 is 24.2 Å². The lowest BCUT2D eigenvalue weighted by Gasteiger charge is -2.25. The van der Waals surface area contributed by atoms with Crippen LogP contribution in [0.5, 0.6) is 11.5 Å². The van der Waals surface area contributed by atoms with Crippen LogP contribution in [0.1, 0.15) is 40.7 Å². The predicted octanol–water partition coefficient (Wildman–Crippen LogP) is 4.69. The number of hydrogen-bond acceptors (Lipinski definition) is 7. The van der Waals surface area contributed by atoms with Crippen molar-refractivity contribution in [3.8, 4) is 11.5 Å². The van der Waals surface area contributed by atoms with E-state index in [2.05, 4.69) is 10.3 Å². The second-order valence-corrected chi connectivity index (χ2v) is 9.02. The first-order valence-corrected chi connectivity index (χ1v) is 11.7. The summed E-state index contributed by atoms with van der Waals surface area (Å²) >= 11 is 1.61. The summed E-state index contributed by atoms with van der Waals surface area (Å²) in [4.78, 5) is 30.3. The highest BCUT2D eigenvalue weighted by molar-refractivity contribution is 7.99. The first-order valence-electron chi connectivity index (χ1n) is 10.8. The molecule has 0 aliphatic heterocycles. The van der Waals surface area contributed by atoms with Gasteiger partial charge >= 0.3 is 5.97 Å². The van der Waals surface area contributed by atoms with Crippen molar-refractivity contribution in [3.05, 3.63) is 83.7 Å². The summed E-state index contributed by atoms with van der Waals surface area (Å²) in [6.07, 6.45) is 0.856. The van der Waals surface area contributed by atoms with Gasteiger partial charge in [0.1, 0.15) is 12.1 Å². The van der Waals surface area contributed by atoms with Crippen LogP contribution in [0.25, 0.3) is 0 Å². The number of rotatable bonds is 9. The molecular formula is C26H28N2O5S. The van der Waals surface area contributed by atoms with Crippen molar-refractivity contribution in [1.82, 2.24) is 10.3 Å². The molecule has 8 heteroatoms. The van der Waals surface area contributed by atoms with Crippen molar-refractivity contribution in [2.45, 2.75) is 43.1 Å². The molecule has 1 aromatic heterocycles. The van der Waals surface area contributed by atoms with Gasteiger partial charge in [-0.05, 0) is 38.5 Å². The van der Waals surface area contributed by atoms with Crippen LogP contribution < -0.4 is 10.1 Å². The Hall–Kier alpha value is -3.52. The molecule has 2 aromatic carbocycles. The van der Waals surface area contributed by atoms with Crippen molar-refractivity contribution in [2.24, 2.45) is 0 Å². The van der Waals surface area contributed by atoms with Crippen LogP contribution in [-0.2, 0) is 9.53 Å². The summed E-state index contributed by atoms with van der Waals surface area (Å²) in [7, 11) is 1.37. The molecule has 3 rings (SSSR count). The lowest BCUT2D eigenvalue weighted by Crippen LogP contribution is -2.41. The van der Waals surface area contributed by atoms with Gasteiger partial charge in [-0.15, -0.1) is 11.8 Å². The molecule has 3 aromatic rings. The summed E-state index contributed by atoms with van der Waals surface area (Å²) in [5.41, 5.74) is 1.96. The Morgan fingerprint density at radius 3 is 2.35 bits per heavy atom. The molecule has 0 bridgehead atoms. The van der Waals surface area contributed by atoms with E-state index in [1.54, 1.807) is 11.8 Å². The number of carbonyl (C=O) groups is 2. The number of esters is 1. The standard InChI is InChI=1S/C26H28N2O5S/c1-16-10-12-20(13-11-16)34-24(19-8-6-5-7-9-19)18(3)33-26(31)17(2)28-25(30)22-23(29)21(32-4)14-15-27-22/h5-15,17-18,24,29H,1-4H3,(H,28,30)/t17-,18-,24-/m0/s1. The molecule has 0 spiro atoms. The predicted molar refractivity (Wildman–Crippen MR) is 131 cm³/mol. The fourth-order valence-corrected chi connectivity index (χ4v) is 4.41. The van der Waals surface area contributed by atoms with Gasteiger partial charge in [-0.2, -0.15) is 0 Å². The van der Waals surface area contributed by atoms with Crippen LogP contribution in [0.15, 0.2) is 71.8 Å². The number of aromatic hydroxyl groups is 1. The van der Waals surface area contributed by atoms with E-state index in [-0.39, 0.29) is 16.7 Å². The minimum atomic E-state index is -0.955. The van der Waals surface area contributed by atoms with E-state index in [1.807, 2.05) is 68.4 Å². The molecule has 0 saturated carbocycles. The zero-order valence-corrected chi connectivity index (χ0v) is 20.3. The van der Waals surface area contributed by atoms with Gasteiger partial charge in [0, 0.05) is 17.2 Å². The van der Waals surface area contributed by atoms with Crippen LogP contribution in [0.3, 0.4) is 0 Å². The van der Waals surface area contributed by atoms with Crippen molar-refractivity contribution in [1.29, 1.82) is 0 Å². The van der Waals surface area contributed by atoms with Gasteiger partial charge in [0.15, 0.2) is 17.2 Å². The normalized spacial score (nSPS) is 13.4. The van der Waals surface area contributed by atoms with Crippen LogP contribution in [-0.4, -0.2) is 41.2 Å². The zero-order chi connectivity index (χ0) is 24.7. The van der Waals surface area contributed by atoms with E-state index in [0.29, 0.717) is 0 Å². The smallest absolute Gasteiger partial charge is 0.328 e. The summed E-state index contributed by atoms with van der Waals surface area (Å²) in [5.74, 6) is -1.58. The third kappa shape index (κ3) is 6.29. The SMILES string of the molecule is COc1ccnc(C(=O)N[C@@H](C)C(=O)O[C@@H](C)[C@H](Sc2ccc(C)cc2)c2ccccc2)c1O. The number of hydrogen-bond donors (Lipinski definition) is 2.